The van der Waals surface area contributed by atoms with Crippen molar-refractivity contribution in [2.75, 3.05) is 36.7 Å². The highest BCUT2D eigenvalue weighted by atomic mass is 16.5. The number of hydrogen-bond acceptors (Lipinski definition) is 5. The van der Waals surface area contributed by atoms with Gasteiger partial charge in [-0.3, -0.25) is 19.3 Å². The molecule has 3 amide bonds. The first-order chi connectivity index (χ1) is 17.2. The van der Waals surface area contributed by atoms with Crippen LogP contribution in [0.3, 0.4) is 0 Å². The minimum atomic E-state index is -0.553. The highest BCUT2D eigenvalue weighted by Gasteiger charge is 2.21. The molecule has 0 saturated carbocycles. The van der Waals surface area contributed by atoms with Crippen molar-refractivity contribution >= 4 is 34.8 Å². The number of carbonyl (C=O) groups excluding carboxylic acids is 3. The Morgan fingerprint density at radius 1 is 0.861 bits per heavy atom. The number of methoxy groups -OCH3 is 1. The molecule has 8 heteroatoms. The predicted molar refractivity (Wildman–Crippen MR) is 143 cm³/mol. The summed E-state index contributed by atoms with van der Waals surface area (Å²) in [5.74, 6) is -0.181. The van der Waals surface area contributed by atoms with Crippen molar-refractivity contribution in [3.05, 3.63) is 83.4 Å². The zero-order valence-corrected chi connectivity index (χ0v) is 21.2. The maximum atomic E-state index is 12.8. The predicted octanol–water partition coefficient (Wildman–Crippen LogP) is 4.46. The number of nitrogens with zero attached hydrogens (tertiary/aromatic N) is 1. The third-order valence-electron chi connectivity index (χ3n) is 5.95. The fourth-order valence-corrected chi connectivity index (χ4v) is 3.65. The lowest BCUT2D eigenvalue weighted by Crippen LogP contribution is -2.43. The van der Waals surface area contributed by atoms with Crippen LogP contribution in [0.15, 0.2) is 66.7 Å². The summed E-state index contributed by atoms with van der Waals surface area (Å²) in [7, 11) is 3.26. The van der Waals surface area contributed by atoms with Crippen molar-refractivity contribution < 1.29 is 19.1 Å². The first-order valence-corrected chi connectivity index (χ1v) is 11.6. The number of carbonyl (C=O) groups is 3. The summed E-state index contributed by atoms with van der Waals surface area (Å²) in [6, 6.07) is 19.0. The summed E-state index contributed by atoms with van der Waals surface area (Å²) in [6.07, 6.45) is 0. The van der Waals surface area contributed by atoms with E-state index in [1.807, 2.05) is 44.2 Å². The van der Waals surface area contributed by atoms with E-state index in [4.69, 9.17) is 4.74 Å². The van der Waals surface area contributed by atoms with Crippen molar-refractivity contribution in [2.24, 2.45) is 0 Å². The first-order valence-electron chi connectivity index (χ1n) is 11.6. The molecule has 0 heterocycles. The molecule has 0 aliphatic heterocycles. The van der Waals surface area contributed by atoms with Crippen molar-refractivity contribution in [1.82, 2.24) is 4.90 Å². The van der Waals surface area contributed by atoms with Gasteiger partial charge in [0.1, 0.15) is 5.75 Å². The van der Waals surface area contributed by atoms with Crippen LogP contribution in [0.2, 0.25) is 0 Å². The Morgan fingerprint density at radius 2 is 1.50 bits per heavy atom. The van der Waals surface area contributed by atoms with Crippen molar-refractivity contribution in [3.63, 3.8) is 0 Å². The van der Waals surface area contributed by atoms with Crippen LogP contribution in [0.4, 0.5) is 17.1 Å². The van der Waals surface area contributed by atoms with Gasteiger partial charge >= 0.3 is 0 Å². The maximum Gasteiger partial charge on any atom is 0.255 e. The summed E-state index contributed by atoms with van der Waals surface area (Å²) in [6.45, 7) is 5.67. The summed E-state index contributed by atoms with van der Waals surface area (Å²) < 4.78 is 5.26. The lowest BCUT2D eigenvalue weighted by atomic mass is 10.1. The SMILES string of the molecule is COc1ccccc1NC(=O)c1ccc(NC(=O)C(C)N(C)CC(=O)Nc2c(C)cccc2C)cc1. The number of likely N-dealkylation sites (N-methyl/N-ethyl adjacent to an activating group) is 1. The quantitative estimate of drug-likeness (QED) is 0.413. The van der Waals surface area contributed by atoms with Crippen LogP contribution in [0.5, 0.6) is 5.75 Å². The molecule has 0 radical (unpaired) electrons. The number of benzene rings is 3. The standard InChI is InChI=1S/C28H32N4O4/c1-18-9-8-10-19(2)26(18)31-25(33)17-32(4)20(3)27(34)29-22-15-13-21(14-16-22)28(35)30-23-11-6-7-12-24(23)36-5/h6-16,20H,17H2,1-5H3,(H,29,34)(H,30,35)(H,31,33). The Labute approximate surface area is 211 Å². The van der Waals surface area contributed by atoms with Crippen LogP contribution in [0.25, 0.3) is 0 Å². The Kier molecular flexibility index (Phi) is 8.81. The molecular formula is C28H32N4O4. The molecular weight excluding hydrogens is 456 g/mol. The van der Waals surface area contributed by atoms with E-state index in [1.165, 1.54) is 0 Å². The van der Waals surface area contributed by atoms with Crippen LogP contribution >= 0.6 is 0 Å². The van der Waals surface area contributed by atoms with E-state index in [0.717, 1.165) is 16.8 Å². The molecule has 1 atom stereocenters. The molecule has 0 saturated heterocycles. The van der Waals surface area contributed by atoms with Crippen LogP contribution in [0, 0.1) is 13.8 Å². The van der Waals surface area contributed by atoms with Gasteiger partial charge in [0, 0.05) is 16.9 Å². The third-order valence-corrected chi connectivity index (χ3v) is 5.95. The monoisotopic (exact) mass is 488 g/mol. The summed E-state index contributed by atoms with van der Waals surface area (Å²) in [5, 5.41) is 8.59. The molecule has 3 rings (SSSR count). The molecule has 36 heavy (non-hydrogen) atoms. The minimum Gasteiger partial charge on any atom is -0.495 e. The van der Waals surface area contributed by atoms with E-state index in [1.54, 1.807) is 62.4 Å². The topological polar surface area (TPSA) is 99.8 Å². The Balaban J connectivity index is 1.55. The summed E-state index contributed by atoms with van der Waals surface area (Å²) >= 11 is 0. The highest BCUT2D eigenvalue weighted by Crippen LogP contribution is 2.24. The number of para-hydroxylation sites is 3. The molecule has 0 aliphatic carbocycles. The Bertz CT molecular complexity index is 1220. The number of amides is 3. The van der Waals surface area contributed by atoms with Gasteiger partial charge in [0.25, 0.3) is 5.91 Å². The second-order valence-electron chi connectivity index (χ2n) is 8.63. The van der Waals surface area contributed by atoms with E-state index < -0.39 is 6.04 Å². The van der Waals surface area contributed by atoms with Gasteiger partial charge in [-0.15, -0.1) is 0 Å². The second kappa shape index (κ2) is 12.0. The van der Waals surface area contributed by atoms with E-state index in [0.29, 0.717) is 22.7 Å². The molecule has 1 unspecified atom stereocenters. The van der Waals surface area contributed by atoms with Gasteiger partial charge in [-0.2, -0.15) is 0 Å². The fraction of sp³-hybridized carbons (Fsp3) is 0.250. The number of ether oxygens (including phenoxy) is 1. The lowest BCUT2D eigenvalue weighted by molar-refractivity contribution is -0.122. The molecule has 0 bridgehead atoms. The third kappa shape index (κ3) is 6.70. The molecule has 8 nitrogen and oxygen atoms in total. The van der Waals surface area contributed by atoms with Gasteiger partial charge in [0.15, 0.2) is 0 Å². The summed E-state index contributed by atoms with van der Waals surface area (Å²) in [4.78, 5) is 39.6. The number of aryl methyl sites for hydroxylation is 2. The molecule has 3 N–H and O–H groups in total. The highest BCUT2D eigenvalue weighted by molar-refractivity contribution is 6.05. The number of nitrogens with one attached hydrogen (secondary N) is 3. The van der Waals surface area contributed by atoms with Gasteiger partial charge in [0.2, 0.25) is 11.8 Å². The van der Waals surface area contributed by atoms with Gasteiger partial charge < -0.3 is 20.7 Å². The molecule has 0 aliphatic rings. The molecule has 3 aromatic rings. The molecule has 0 spiro atoms. The fourth-order valence-electron chi connectivity index (χ4n) is 3.65. The lowest BCUT2D eigenvalue weighted by Gasteiger charge is -2.23. The van der Waals surface area contributed by atoms with Crippen LogP contribution < -0.4 is 20.7 Å². The zero-order chi connectivity index (χ0) is 26.2. The smallest absolute Gasteiger partial charge is 0.255 e. The van der Waals surface area contributed by atoms with Gasteiger partial charge in [-0.05, 0) is 75.3 Å². The minimum absolute atomic E-state index is 0.0599. The molecule has 0 aromatic heterocycles. The van der Waals surface area contributed by atoms with Crippen molar-refractivity contribution in [1.29, 1.82) is 0 Å². The maximum absolute atomic E-state index is 12.8. The van der Waals surface area contributed by atoms with E-state index in [9.17, 15) is 14.4 Å². The van der Waals surface area contributed by atoms with Crippen molar-refractivity contribution in [2.45, 2.75) is 26.8 Å². The van der Waals surface area contributed by atoms with E-state index >= 15 is 0 Å². The van der Waals surface area contributed by atoms with Gasteiger partial charge in [-0.25, -0.2) is 0 Å². The second-order valence-corrected chi connectivity index (χ2v) is 8.63. The number of hydrogen-bond donors (Lipinski definition) is 3. The Hall–Kier alpha value is -4.17. The van der Waals surface area contributed by atoms with Crippen LogP contribution in [0.1, 0.15) is 28.4 Å². The molecule has 188 valence electrons. The molecule has 0 fully saturated rings. The van der Waals surface area contributed by atoms with E-state index in [2.05, 4.69) is 16.0 Å². The zero-order valence-electron chi connectivity index (χ0n) is 21.2. The average molecular weight is 489 g/mol. The first kappa shape index (κ1) is 26.4. The van der Waals surface area contributed by atoms with Gasteiger partial charge in [-0.1, -0.05) is 30.3 Å². The van der Waals surface area contributed by atoms with Gasteiger partial charge in [0.05, 0.1) is 25.4 Å². The van der Waals surface area contributed by atoms with Crippen molar-refractivity contribution in [3.8, 4) is 5.75 Å². The van der Waals surface area contributed by atoms with E-state index in [-0.39, 0.29) is 24.3 Å². The molecule has 3 aromatic carbocycles. The van der Waals surface area contributed by atoms with Crippen LogP contribution in [-0.2, 0) is 9.59 Å². The average Bonchev–Trinajstić information content (AvgIpc) is 2.86. The normalized spacial score (nSPS) is 11.5. The number of anilines is 3. The Morgan fingerprint density at radius 3 is 2.14 bits per heavy atom. The number of rotatable bonds is 9. The summed E-state index contributed by atoms with van der Waals surface area (Å²) in [5.41, 5.74) is 4.32. The van der Waals surface area contributed by atoms with Crippen LogP contribution in [-0.4, -0.2) is 49.4 Å². The largest absolute Gasteiger partial charge is 0.495 e.